The molecule has 0 atom stereocenters. The molecule has 0 aliphatic carbocycles. The van der Waals surface area contributed by atoms with E-state index >= 15 is 0 Å². The van der Waals surface area contributed by atoms with Gasteiger partial charge in [-0.3, -0.25) is 4.79 Å². The molecule has 1 amide bonds. The highest BCUT2D eigenvalue weighted by molar-refractivity contribution is 6.04. The quantitative estimate of drug-likeness (QED) is 0.749. The molecule has 0 unspecified atom stereocenters. The maximum Gasteiger partial charge on any atom is 0.256 e. The van der Waals surface area contributed by atoms with Crippen LogP contribution in [-0.4, -0.2) is 5.91 Å². The summed E-state index contributed by atoms with van der Waals surface area (Å²) in [7, 11) is 0. The zero-order valence-corrected chi connectivity index (χ0v) is 8.60. The van der Waals surface area contributed by atoms with Crippen LogP contribution in [0.25, 0.3) is 0 Å². The van der Waals surface area contributed by atoms with E-state index in [1.165, 1.54) is 0 Å². The number of hydrogen-bond donors (Lipinski definition) is 2. The fraction of sp³-hybridized carbons (Fsp3) is 0. The van der Waals surface area contributed by atoms with E-state index in [9.17, 15) is 4.79 Å². The Morgan fingerprint density at radius 3 is 2.62 bits per heavy atom. The van der Waals surface area contributed by atoms with Crippen LogP contribution >= 0.6 is 0 Å². The van der Waals surface area contributed by atoms with Crippen LogP contribution in [0.2, 0.25) is 0 Å². The molecule has 0 saturated carbocycles. The van der Waals surface area contributed by atoms with Gasteiger partial charge in [-0.05, 0) is 30.3 Å². The highest BCUT2D eigenvalue weighted by atomic mass is 16.1. The summed E-state index contributed by atoms with van der Waals surface area (Å²) in [5.41, 5.74) is 7.33. The normalized spacial score (nSPS) is 9.75. The predicted molar refractivity (Wildman–Crippen MR) is 64.1 cm³/mol. The molecule has 0 saturated heterocycles. The van der Waals surface area contributed by atoms with Gasteiger partial charge in [-0.25, -0.2) is 0 Å². The summed E-state index contributed by atoms with van der Waals surface area (Å²) in [5.74, 6) is -0.210. The lowest BCUT2D eigenvalue weighted by Crippen LogP contribution is -2.12. The summed E-state index contributed by atoms with van der Waals surface area (Å²) in [6, 6.07) is 17.0. The number of amides is 1. The second-order valence-corrected chi connectivity index (χ2v) is 3.36. The molecule has 2 rings (SSSR count). The van der Waals surface area contributed by atoms with Gasteiger partial charge in [0, 0.05) is 16.9 Å². The van der Waals surface area contributed by atoms with E-state index in [0.29, 0.717) is 11.3 Å². The van der Waals surface area contributed by atoms with Gasteiger partial charge in [0.25, 0.3) is 5.91 Å². The van der Waals surface area contributed by atoms with Gasteiger partial charge < -0.3 is 11.1 Å². The standard InChI is InChI=1S/C13H11N2O/c14-11-6-4-5-10(9-11)13(16)15-12-7-2-1-3-8-12/h1-4,6-9H,14H2,(H,15,16). The van der Waals surface area contributed by atoms with Crippen molar-refractivity contribution in [3.8, 4) is 0 Å². The van der Waals surface area contributed by atoms with E-state index in [-0.39, 0.29) is 5.91 Å². The Morgan fingerprint density at radius 2 is 1.94 bits per heavy atom. The maximum absolute atomic E-state index is 11.8. The minimum Gasteiger partial charge on any atom is -0.399 e. The average Bonchev–Trinajstić information content (AvgIpc) is 2.30. The van der Waals surface area contributed by atoms with E-state index in [0.717, 1.165) is 5.69 Å². The van der Waals surface area contributed by atoms with Crippen LogP contribution in [-0.2, 0) is 0 Å². The number of carbonyl (C=O) groups excluding carboxylic acids is 1. The van der Waals surface area contributed by atoms with Crippen LogP contribution in [0.5, 0.6) is 0 Å². The van der Waals surface area contributed by atoms with E-state index < -0.39 is 0 Å². The van der Waals surface area contributed by atoms with Crippen LogP contribution in [0, 0.1) is 6.07 Å². The number of nitrogens with two attached hydrogens (primary N) is 1. The Kier molecular flexibility index (Phi) is 2.87. The monoisotopic (exact) mass is 211 g/mol. The summed E-state index contributed by atoms with van der Waals surface area (Å²) >= 11 is 0. The van der Waals surface area contributed by atoms with Gasteiger partial charge in [-0.2, -0.15) is 0 Å². The molecule has 1 radical (unpaired) electrons. The zero-order valence-electron chi connectivity index (χ0n) is 8.60. The third-order valence-electron chi connectivity index (χ3n) is 2.10. The largest absolute Gasteiger partial charge is 0.399 e. The van der Waals surface area contributed by atoms with Gasteiger partial charge in [-0.1, -0.05) is 24.3 Å². The number of nitrogen functional groups attached to an aromatic ring is 1. The minimum absolute atomic E-state index is 0.210. The van der Waals surface area contributed by atoms with Crippen molar-refractivity contribution >= 4 is 17.3 Å². The van der Waals surface area contributed by atoms with Crippen molar-refractivity contribution in [2.24, 2.45) is 0 Å². The molecule has 2 aromatic rings. The molecule has 0 bridgehead atoms. The number of anilines is 2. The molecule has 0 aliphatic rings. The smallest absolute Gasteiger partial charge is 0.256 e. The molecular weight excluding hydrogens is 200 g/mol. The first-order valence-electron chi connectivity index (χ1n) is 4.89. The molecule has 0 aromatic heterocycles. The van der Waals surface area contributed by atoms with Gasteiger partial charge in [0.2, 0.25) is 0 Å². The van der Waals surface area contributed by atoms with Crippen molar-refractivity contribution in [1.29, 1.82) is 0 Å². The fourth-order valence-corrected chi connectivity index (χ4v) is 1.34. The number of nitrogens with one attached hydrogen (secondary N) is 1. The van der Waals surface area contributed by atoms with E-state index in [4.69, 9.17) is 5.73 Å². The molecule has 16 heavy (non-hydrogen) atoms. The Balaban J connectivity index is 2.15. The van der Waals surface area contributed by atoms with Crippen molar-refractivity contribution in [3.63, 3.8) is 0 Å². The van der Waals surface area contributed by atoms with Crippen LogP contribution in [0.1, 0.15) is 10.4 Å². The van der Waals surface area contributed by atoms with Gasteiger partial charge in [0.15, 0.2) is 0 Å². The first-order valence-corrected chi connectivity index (χ1v) is 4.89. The molecule has 3 heteroatoms. The van der Waals surface area contributed by atoms with Crippen molar-refractivity contribution < 1.29 is 4.79 Å². The second kappa shape index (κ2) is 4.49. The molecule has 3 nitrogen and oxygen atoms in total. The van der Waals surface area contributed by atoms with E-state index in [2.05, 4.69) is 11.4 Å². The highest BCUT2D eigenvalue weighted by Gasteiger charge is 2.05. The SMILES string of the molecule is Nc1cc[c]c(C(=O)Nc2ccccc2)c1. The van der Waals surface area contributed by atoms with E-state index in [1.807, 2.05) is 30.3 Å². The molecule has 0 aliphatic heterocycles. The van der Waals surface area contributed by atoms with E-state index in [1.54, 1.807) is 18.2 Å². The molecule has 0 heterocycles. The number of carbonyl (C=O) groups is 1. The minimum atomic E-state index is -0.210. The summed E-state index contributed by atoms with van der Waals surface area (Å²) in [6.07, 6.45) is 0. The average molecular weight is 211 g/mol. The van der Waals surface area contributed by atoms with Crippen LogP contribution in [0.3, 0.4) is 0 Å². The van der Waals surface area contributed by atoms with Crippen LogP contribution < -0.4 is 11.1 Å². The summed E-state index contributed by atoms with van der Waals surface area (Å²) in [4.78, 5) is 11.8. The first kappa shape index (κ1) is 10.2. The fourth-order valence-electron chi connectivity index (χ4n) is 1.34. The lowest BCUT2D eigenvalue weighted by atomic mass is 10.2. The molecule has 79 valence electrons. The Morgan fingerprint density at radius 1 is 1.19 bits per heavy atom. The molecule has 0 spiro atoms. The van der Waals surface area contributed by atoms with Gasteiger partial charge in [0.1, 0.15) is 0 Å². The Hall–Kier alpha value is -2.29. The third-order valence-corrected chi connectivity index (χ3v) is 2.10. The predicted octanol–water partition coefficient (Wildman–Crippen LogP) is 2.32. The summed E-state index contributed by atoms with van der Waals surface area (Å²) in [5, 5.41) is 2.76. The molecule has 2 aromatic carbocycles. The number of hydrogen-bond acceptors (Lipinski definition) is 2. The van der Waals surface area contributed by atoms with Crippen molar-refractivity contribution in [2.75, 3.05) is 11.1 Å². The third kappa shape index (κ3) is 2.39. The van der Waals surface area contributed by atoms with Gasteiger partial charge >= 0.3 is 0 Å². The van der Waals surface area contributed by atoms with Crippen molar-refractivity contribution in [3.05, 3.63) is 60.2 Å². The van der Waals surface area contributed by atoms with Crippen LogP contribution in [0.4, 0.5) is 11.4 Å². The summed E-state index contributed by atoms with van der Waals surface area (Å²) in [6.45, 7) is 0. The topological polar surface area (TPSA) is 55.1 Å². The highest BCUT2D eigenvalue weighted by Crippen LogP contribution is 2.10. The number of para-hydroxylation sites is 1. The lowest BCUT2D eigenvalue weighted by Gasteiger charge is -2.04. The van der Waals surface area contributed by atoms with Crippen molar-refractivity contribution in [2.45, 2.75) is 0 Å². The second-order valence-electron chi connectivity index (χ2n) is 3.36. The Labute approximate surface area is 93.9 Å². The van der Waals surface area contributed by atoms with Crippen molar-refractivity contribution in [1.82, 2.24) is 0 Å². The first-order chi connectivity index (χ1) is 7.75. The maximum atomic E-state index is 11.8. The number of rotatable bonds is 2. The molecule has 3 N–H and O–H groups in total. The van der Waals surface area contributed by atoms with Crippen LogP contribution in [0.15, 0.2) is 48.5 Å². The Bertz CT molecular complexity index is 494. The molecular formula is C13H11N2O. The van der Waals surface area contributed by atoms with Gasteiger partial charge in [-0.15, -0.1) is 0 Å². The molecule has 0 fully saturated rings. The summed E-state index contributed by atoms with van der Waals surface area (Å²) < 4.78 is 0. The van der Waals surface area contributed by atoms with Gasteiger partial charge in [0.05, 0.1) is 0 Å². The zero-order chi connectivity index (χ0) is 11.4. The number of benzene rings is 2. The lowest BCUT2D eigenvalue weighted by molar-refractivity contribution is 0.102.